The summed E-state index contributed by atoms with van der Waals surface area (Å²) in [5.74, 6) is 0.487. The maximum Gasteiger partial charge on any atom is 0.275 e. The van der Waals surface area contributed by atoms with Gasteiger partial charge in [0.2, 0.25) is 5.91 Å². The van der Waals surface area contributed by atoms with Crippen molar-refractivity contribution in [2.45, 2.75) is 26.3 Å². The van der Waals surface area contributed by atoms with Crippen LogP contribution in [-0.4, -0.2) is 46.2 Å². The number of nitrogens with one attached hydrogen (secondary N) is 1. The maximum absolute atomic E-state index is 12.9. The number of aromatic nitrogens is 2. The Morgan fingerprint density at radius 3 is 2.52 bits per heavy atom. The molecule has 4 rings (SSSR count). The molecule has 1 aromatic heterocycles. The molecule has 2 aromatic carbocycles. The Balaban J connectivity index is 1.53. The molecule has 0 aliphatic carbocycles. The first-order valence-electron chi connectivity index (χ1n) is 9.93. The van der Waals surface area contributed by atoms with Gasteiger partial charge < -0.3 is 15.0 Å². The molecule has 1 saturated heterocycles. The molecule has 1 aliphatic heterocycles. The third-order valence-electron chi connectivity index (χ3n) is 5.00. The van der Waals surface area contributed by atoms with Gasteiger partial charge in [-0.1, -0.05) is 18.2 Å². The topological polar surface area (TPSA) is 76.5 Å². The fraction of sp³-hybridized carbons (Fsp3) is 0.318. The van der Waals surface area contributed by atoms with E-state index in [9.17, 15) is 9.59 Å². The Morgan fingerprint density at radius 1 is 1.07 bits per heavy atom. The first kappa shape index (κ1) is 19.0. The van der Waals surface area contributed by atoms with Crippen molar-refractivity contribution in [3.05, 3.63) is 54.2 Å². The second-order valence-electron chi connectivity index (χ2n) is 7.03. The van der Waals surface area contributed by atoms with Crippen molar-refractivity contribution in [2.24, 2.45) is 0 Å². The molecule has 1 fully saturated rings. The van der Waals surface area contributed by atoms with Gasteiger partial charge in [-0.05, 0) is 50.1 Å². The summed E-state index contributed by atoms with van der Waals surface area (Å²) in [6, 6.07) is 14.8. The summed E-state index contributed by atoms with van der Waals surface area (Å²) in [5, 5.41) is 8.14. The quantitative estimate of drug-likeness (QED) is 0.698. The lowest BCUT2D eigenvalue weighted by molar-refractivity contribution is -0.116. The van der Waals surface area contributed by atoms with Gasteiger partial charge in [-0.15, -0.1) is 0 Å². The Morgan fingerprint density at radius 2 is 1.79 bits per heavy atom. The Bertz CT molecular complexity index is 1020. The van der Waals surface area contributed by atoms with Crippen LogP contribution in [0.2, 0.25) is 0 Å². The van der Waals surface area contributed by atoms with E-state index < -0.39 is 0 Å². The normalized spacial score (nSPS) is 13.6. The number of hydrogen-bond donors (Lipinski definition) is 1. The van der Waals surface area contributed by atoms with Crippen LogP contribution in [0, 0.1) is 0 Å². The first-order chi connectivity index (χ1) is 14.2. The number of rotatable bonds is 6. The number of fused-ring (bicyclic) bond motifs is 1. The van der Waals surface area contributed by atoms with Crippen molar-refractivity contribution in [3.8, 4) is 5.75 Å². The van der Waals surface area contributed by atoms with Crippen LogP contribution >= 0.6 is 0 Å². The smallest absolute Gasteiger partial charge is 0.275 e. The molecule has 0 unspecified atom stereocenters. The van der Waals surface area contributed by atoms with Crippen molar-refractivity contribution < 1.29 is 14.3 Å². The molecule has 29 heavy (non-hydrogen) atoms. The van der Waals surface area contributed by atoms with Crippen LogP contribution in [0.15, 0.2) is 48.5 Å². The van der Waals surface area contributed by atoms with Crippen LogP contribution in [0.5, 0.6) is 5.75 Å². The Labute approximate surface area is 169 Å². The Hall–Kier alpha value is -3.35. The molecule has 7 nitrogen and oxygen atoms in total. The summed E-state index contributed by atoms with van der Waals surface area (Å²) >= 11 is 0. The lowest BCUT2D eigenvalue weighted by Gasteiger charge is -2.13. The highest BCUT2D eigenvalue weighted by Crippen LogP contribution is 2.22. The number of nitrogens with zero attached hydrogens (tertiary/aromatic N) is 3. The summed E-state index contributed by atoms with van der Waals surface area (Å²) in [7, 11) is 0. The van der Waals surface area contributed by atoms with E-state index in [-0.39, 0.29) is 18.4 Å². The first-order valence-corrected chi connectivity index (χ1v) is 9.93. The molecule has 0 radical (unpaired) electrons. The predicted octanol–water partition coefficient (Wildman–Crippen LogP) is 3.31. The van der Waals surface area contributed by atoms with Crippen molar-refractivity contribution in [1.29, 1.82) is 0 Å². The van der Waals surface area contributed by atoms with E-state index in [1.165, 1.54) is 0 Å². The molecule has 0 saturated carbocycles. The zero-order chi connectivity index (χ0) is 20.2. The number of carbonyl (C=O) groups excluding carboxylic acids is 2. The van der Waals surface area contributed by atoms with E-state index in [0.717, 1.165) is 42.6 Å². The summed E-state index contributed by atoms with van der Waals surface area (Å²) in [6.07, 6.45) is 2.05. The fourth-order valence-corrected chi connectivity index (χ4v) is 3.61. The standard InChI is InChI=1S/C22H24N4O3/c1-2-29-17-11-9-16(10-12-17)23-20(27)15-26-19-8-4-3-7-18(19)21(24-26)22(28)25-13-5-6-14-25/h3-4,7-12H,2,5-6,13-15H2,1H3,(H,23,27). The largest absolute Gasteiger partial charge is 0.494 e. The van der Waals surface area contributed by atoms with Crippen LogP contribution < -0.4 is 10.1 Å². The van der Waals surface area contributed by atoms with Crippen molar-refractivity contribution in [2.75, 3.05) is 25.0 Å². The van der Waals surface area contributed by atoms with E-state index in [1.807, 2.05) is 48.2 Å². The molecule has 7 heteroatoms. The van der Waals surface area contributed by atoms with Gasteiger partial charge >= 0.3 is 0 Å². The molecule has 0 bridgehead atoms. The molecular weight excluding hydrogens is 368 g/mol. The number of ether oxygens (including phenoxy) is 1. The van der Waals surface area contributed by atoms with Gasteiger partial charge in [0.05, 0.1) is 12.1 Å². The third-order valence-corrected chi connectivity index (χ3v) is 5.00. The van der Waals surface area contributed by atoms with Crippen LogP contribution in [0.25, 0.3) is 10.9 Å². The Kier molecular flexibility index (Phi) is 5.46. The highest BCUT2D eigenvalue weighted by molar-refractivity contribution is 6.05. The number of anilines is 1. The van der Waals surface area contributed by atoms with Crippen LogP contribution in [-0.2, 0) is 11.3 Å². The molecular formula is C22H24N4O3. The predicted molar refractivity (Wildman–Crippen MR) is 111 cm³/mol. The lowest BCUT2D eigenvalue weighted by Crippen LogP contribution is -2.28. The number of carbonyl (C=O) groups is 2. The highest BCUT2D eigenvalue weighted by Gasteiger charge is 2.25. The molecule has 3 aromatic rings. The summed E-state index contributed by atoms with van der Waals surface area (Å²) < 4.78 is 7.01. The highest BCUT2D eigenvalue weighted by atomic mass is 16.5. The minimum atomic E-state index is -0.206. The molecule has 1 N–H and O–H groups in total. The number of amides is 2. The zero-order valence-electron chi connectivity index (χ0n) is 16.4. The van der Waals surface area contributed by atoms with Gasteiger partial charge in [-0.3, -0.25) is 14.3 Å². The molecule has 2 amide bonds. The molecule has 0 spiro atoms. The van der Waals surface area contributed by atoms with Gasteiger partial charge in [0.1, 0.15) is 12.3 Å². The molecule has 150 valence electrons. The van der Waals surface area contributed by atoms with E-state index in [2.05, 4.69) is 10.4 Å². The van der Waals surface area contributed by atoms with Crippen molar-refractivity contribution in [1.82, 2.24) is 14.7 Å². The van der Waals surface area contributed by atoms with Gasteiger partial charge in [-0.2, -0.15) is 5.10 Å². The van der Waals surface area contributed by atoms with E-state index in [1.54, 1.807) is 16.8 Å². The third kappa shape index (κ3) is 4.08. The second-order valence-corrected chi connectivity index (χ2v) is 7.03. The lowest BCUT2D eigenvalue weighted by atomic mass is 10.2. The molecule has 2 heterocycles. The summed E-state index contributed by atoms with van der Waals surface area (Å²) in [4.78, 5) is 27.3. The average Bonchev–Trinajstić information content (AvgIpc) is 3.38. The zero-order valence-corrected chi connectivity index (χ0v) is 16.4. The van der Waals surface area contributed by atoms with E-state index in [0.29, 0.717) is 18.0 Å². The molecule has 0 atom stereocenters. The van der Waals surface area contributed by atoms with Gasteiger partial charge in [-0.25, -0.2) is 0 Å². The van der Waals surface area contributed by atoms with Crippen molar-refractivity contribution in [3.63, 3.8) is 0 Å². The fourth-order valence-electron chi connectivity index (χ4n) is 3.61. The minimum absolute atomic E-state index is 0.0288. The van der Waals surface area contributed by atoms with Crippen LogP contribution in [0.4, 0.5) is 5.69 Å². The van der Waals surface area contributed by atoms with Gasteiger partial charge in [0.15, 0.2) is 5.69 Å². The SMILES string of the molecule is CCOc1ccc(NC(=O)Cn2nc(C(=O)N3CCCC3)c3ccccc32)cc1. The summed E-state index contributed by atoms with van der Waals surface area (Å²) in [6.45, 7) is 4.07. The van der Waals surface area contributed by atoms with Crippen molar-refractivity contribution >= 4 is 28.4 Å². The van der Waals surface area contributed by atoms with E-state index >= 15 is 0 Å². The van der Waals surface area contributed by atoms with E-state index in [4.69, 9.17) is 4.74 Å². The number of benzene rings is 2. The number of para-hydroxylation sites is 1. The van der Waals surface area contributed by atoms with Gasteiger partial charge in [0.25, 0.3) is 5.91 Å². The monoisotopic (exact) mass is 392 g/mol. The molecule has 1 aliphatic rings. The van der Waals surface area contributed by atoms with Crippen LogP contribution in [0.3, 0.4) is 0 Å². The average molecular weight is 392 g/mol. The maximum atomic E-state index is 12.9. The van der Waals surface area contributed by atoms with Crippen LogP contribution in [0.1, 0.15) is 30.3 Å². The summed E-state index contributed by atoms with van der Waals surface area (Å²) in [5.41, 5.74) is 1.87. The number of likely N-dealkylation sites (tertiary alicyclic amines) is 1. The number of hydrogen-bond acceptors (Lipinski definition) is 4. The second kappa shape index (κ2) is 8.34. The van der Waals surface area contributed by atoms with Gasteiger partial charge in [0, 0.05) is 24.2 Å². The minimum Gasteiger partial charge on any atom is -0.494 e.